The largest absolute Gasteiger partial charge is 0.496 e. The Labute approximate surface area is 194 Å². The monoisotopic (exact) mass is 443 g/mol. The zero-order valence-electron chi connectivity index (χ0n) is 19.5. The number of aromatic nitrogens is 2. The van der Waals surface area contributed by atoms with E-state index in [0.29, 0.717) is 6.54 Å². The molecule has 0 saturated heterocycles. The van der Waals surface area contributed by atoms with Gasteiger partial charge in [0, 0.05) is 5.56 Å². The number of ether oxygens (including phenoxy) is 2. The number of fused-ring (bicyclic) bond motifs is 1. The summed E-state index contributed by atoms with van der Waals surface area (Å²) in [7, 11) is 1.67. The first-order chi connectivity index (χ1) is 16.0. The van der Waals surface area contributed by atoms with Crippen LogP contribution < -0.4 is 14.8 Å². The number of nitrogens with one attached hydrogen (secondary N) is 1. The van der Waals surface area contributed by atoms with Crippen molar-refractivity contribution in [2.45, 2.75) is 33.4 Å². The average Bonchev–Trinajstić information content (AvgIpc) is 3.18. The van der Waals surface area contributed by atoms with E-state index < -0.39 is 0 Å². The first kappa shape index (κ1) is 22.4. The second-order valence-corrected chi connectivity index (χ2v) is 8.20. The second kappa shape index (κ2) is 9.77. The number of nitrogens with zero attached hydrogens (tertiary/aromatic N) is 2. The highest BCUT2D eigenvalue weighted by Crippen LogP contribution is 2.26. The Morgan fingerprint density at radius 2 is 1.79 bits per heavy atom. The van der Waals surface area contributed by atoms with Gasteiger partial charge in [-0.15, -0.1) is 0 Å². The molecule has 1 aromatic heterocycles. The molecule has 4 rings (SSSR count). The molecule has 1 N–H and O–H groups in total. The summed E-state index contributed by atoms with van der Waals surface area (Å²) in [6.45, 7) is 6.44. The second-order valence-electron chi connectivity index (χ2n) is 8.20. The minimum Gasteiger partial charge on any atom is -0.496 e. The first-order valence-corrected chi connectivity index (χ1v) is 11.0. The van der Waals surface area contributed by atoms with Crippen LogP contribution in [0, 0.1) is 13.8 Å². The van der Waals surface area contributed by atoms with Crippen molar-refractivity contribution in [3.05, 3.63) is 89.2 Å². The van der Waals surface area contributed by atoms with Gasteiger partial charge in [0.15, 0.2) is 6.61 Å². The summed E-state index contributed by atoms with van der Waals surface area (Å²) in [5.74, 6) is 2.13. The molecule has 0 radical (unpaired) electrons. The van der Waals surface area contributed by atoms with Gasteiger partial charge in [-0.2, -0.15) is 0 Å². The lowest BCUT2D eigenvalue weighted by Crippen LogP contribution is -2.32. The lowest BCUT2D eigenvalue weighted by molar-refractivity contribution is -0.123. The van der Waals surface area contributed by atoms with Gasteiger partial charge in [-0.25, -0.2) is 4.98 Å². The third-order valence-corrected chi connectivity index (χ3v) is 5.67. The lowest BCUT2D eigenvalue weighted by Gasteiger charge is -2.18. The van der Waals surface area contributed by atoms with Gasteiger partial charge < -0.3 is 19.4 Å². The van der Waals surface area contributed by atoms with E-state index in [1.807, 2.05) is 87.5 Å². The van der Waals surface area contributed by atoms with Crippen molar-refractivity contribution in [2.75, 3.05) is 13.7 Å². The standard InChI is InChI=1S/C27H29N3O3/c1-18-13-14-19(2)25(15-18)33-17-26(31)28-20(3)27-29-22-10-6-7-11-23(22)30(27)16-21-9-5-8-12-24(21)32-4/h5-15,20H,16-17H2,1-4H3,(H,28,31). The zero-order chi connectivity index (χ0) is 23.4. The highest BCUT2D eigenvalue weighted by atomic mass is 16.5. The predicted octanol–water partition coefficient (Wildman–Crippen LogP) is 4.97. The van der Waals surface area contributed by atoms with Crippen LogP contribution >= 0.6 is 0 Å². The molecule has 1 amide bonds. The molecule has 4 aromatic rings. The zero-order valence-corrected chi connectivity index (χ0v) is 19.5. The number of carbonyl (C=O) groups excluding carboxylic acids is 1. The topological polar surface area (TPSA) is 65.4 Å². The fraction of sp³-hybridized carbons (Fsp3) is 0.259. The molecule has 0 fully saturated rings. The van der Waals surface area contributed by atoms with Gasteiger partial charge in [0.25, 0.3) is 5.91 Å². The van der Waals surface area contributed by atoms with Crippen molar-refractivity contribution in [1.82, 2.24) is 14.9 Å². The fourth-order valence-corrected chi connectivity index (χ4v) is 3.95. The van der Waals surface area contributed by atoms with E-state index in [9.17, 15) is 4.79 Å². The molecule has 0 aliphatic carbocycles. The molecule has 0 aliphatic rings. The first-order valence-electron chi connectivity index (χ1n) is 11.0. The summed E-state index contributed by atoms with van der Waals surface area (Å²) in [4.78, 5) is 17.5. The Kier molecular flexibility index (Phi) is 6.63. The number of aryl methyl sites for hydroxylation is 2. The number of hydrogen-bond donors (Lipinski definition) is 1. The van der Waals surface area contributed by atoms with Gasteiger partial charge in [0.2, 0.25) is 0 Å². The van der Waals surface area contributed by atoms with E-state index in [1.165, 1.54) is 0 Å². The maximum Gasteiger partial charge on any atom is 0.258 e. The summed E-state index contributed by atoms with van der Waals surface area (Å²) in [5.41, 5.74) is 5.02. The van der Waals surface area contributed by atoms with Crippen LogP contribution in [0.4, 0.5) is 0 Å². The van der Waals surface area contributed by atoms with Gasteiger partial charge in [-0.05, 0) is 56.2 Å². The van der Waals surface area contributed by atoms with Crippen molar-refractivity contribution in [3.8, 4) is 11.5 Å². The van der Waals surface area contributed by atoms with E-state index in [4.69, 9.17) is 14.5 Å². The molecule has 1 heterocycles. The van der Waals surface area contributed by atoms with Crippen molar-refractivity contribution in [1.29, 1.82) is 0 Å². The van der Waals surface area contributed by atoms with Crippen LogP contribution in [0.3, 0.4) is 0 Å². The van der Waals surface area contributed by atoms with E-state index in [2.05, 4.69) is 9.88 Å². The van der Waals surface area contributed by atoms with Crippen molar-refractivity contribution in [2.24, 2.45) is 0 Å². The van der Waals surface area contributed by atoms with E-state index in [1.54, 1.807) is 7.11 Å². The van der Waals surface area contributed by atoms with Gasteiger partial charge in [-0.3, -0.25) is 4.79 Å². The van der Waals surface area contributed by atoms with Crippen LogP contribution in [0.25, 0.3) is 11.0 Å². The molecule has 1 unspecified atom stereocenters. The summed E-state index contributed by atoms with van der Waals surface area (Å²) < 4.78 is 13.4. The van der Waals surface area contributed by atoms with E-state index in [-0.39, 0.29) is 18.6 Å². The van der Waals surface area contributed by atoms with E-state index >= 15 is 0 Å². The SMILES string of the molecule is COc1ccccc1Cn1c(C(C)NC(=O)COc2cc(C)ccc2C)nc2ccccc21. The number of methoxy groups -OCH3 is 1. The van der Waals surface area contributed by atoms with E-state index in [0.717, 1.165) is 45.0 Å². The number of carbonyl (C=O) groups is 1. The average molecular weight is 444 g/mol. The molecule has 6 nitrogen and oxygen atoms in total. The fourth-order valence-electron chi connectivity index (χ4n) is 3.95. The minimum atomic E-state index is -0.304. The van der Waals surface area contributed by atoms with Gasteiger partial charge >= 0.3 is 0 Å². The number of imidazole rings is 1. The molecule has 0 saturated carbocycles. The number of hydrogen-bond acceptors (Lipinski definition) is 4. The van der Waals surface area contributed by atoms with Crippen LogP contribution in [0.15, 0.2) is 66.7 Å². The Hall–Kier alpha value is -3.80. The molecule has 33 heavy (non-hydrogen) atoms. The third-order valence-electron chi connectivity index (χ3n) is 5.67. The van der Waals surface area contributed by atoms with Crippen LogP contribution in [0.5, 0.6) is 11.5 Å². The van der Waals surface area contributed by atoms with Gasteiger partial charge in [0.1, 0.15) is 17.3 Å². The maximum absolute atomic E-state index is 12.7. The summed E-state index contributed by atoms with van der Waals surface area (Å²) in [6.07, 6.45) is 0. The summed E-state index contributed by atoms with van der Waals surface area (Å²) in [6, 6.07) is 21.6. The van der Waals surface area contributed by atoms with Crippen molar-refractivity contribution < 1.29 is 14.3 Å². The van der Waals surface area contributed by atoms with Crippen LogP contribution in [-0.4, -0.2) is 29.2 Å². The number of para-hydroxylation sites is 3. The Balaban J connectivity index is 1.55. The highest BCUT2D eigenvalue weighted by Gasteiger charge is 2.20. The molecule has 170 valence electrons. The summed E-state index contributed by atoms with van der Waals surface area (Å²) in [5, 5.41) is 3.04. The number of benzene rings is 3. The molecular weight excluding hydrogens is 414 g/mol. The van der Waals surface area contributed by atoms with Crippen molar-refractivity contribution in [3.63, 3.8) is 0 Å². The van der Waals surface area contributed by atoms with Crippen LogP contribution in [0.1, 0.15) is 35.5 Å². The predicted molar refractivity (Wildman–Crippen MR) is 130 cm³/mol. The Bertz CT molecular complexity index is 1280. The third kappa shape index (κ3) is 5.00. The molecular formula is C27H29N3O3. The van der Waals surface area contributed by atoms with Crippen LogP contribution in [0.2, 0.25) is 0 Å². The summed E-state index contributed by atoms with van der Waals surface area (Å²) >= 11 is 0. The molecule has 0 bridgehead atoms. The quantitative estimate of drug-likeness (QED) is 0.418. The van der Waals surface area contributed by atoms with Gasteiger partial charge in [0.05, 0.1) is 30.7 Å². The molecule has 0 aliphatic heterocycles. The smallest absolute Gasteiger partial charge is 0.258 e. The minimum absolute atomic E-state index is 0.0542. The number of amides is 1. The lowest BCUT2D eigenvalue weighted by atomic mass is 10.1. The molecule has 3 aromatic carbocycles. The van der Waals surface area contributed by atoms with Crippen LogP contribution in [-0.2, 0) is 11.3 Å². The number of rotatable bonds is 8. The maximum atomic E-state index is 12.7. The Morgan fingerprint density at radius 1 is 1.03 bits per heavy atom. The highest BCUT2D eigenvalue weighted by molar-refractivity contribution is 5.79. The van der Waals surface area contributed by atoms with Crippen molar-refractivity contribution >= 4 is 16.9 Å². The van der Waals surface area contributed by atoms with Gasteiger partial charge in [-0.1, -0.05) is 42.5 Å². The Morgan fingerprint density at radius 3 is 2.61 bits per heavy atom. The molecule has 1 atom stereocenters. The molecule has 6 heteroatoms. The molecule has 0 spiro atoms. The normalized spacial score (nSPS) is 11.9.